The summed E-state index contributed by atoms with van der Waals surface area (Å²) in [6.07, 6.45) is 2.12. The van der Waals surface area contributed by atoms with E-state index in [4.69, 9.17) is 4.74 Å². The molecule has 1 atom stereocenters. The summed E-state index contributed by atoms with van der Waals surface area (Å²) in [4.78, 5) is 2.18. The summed E-state index contributed by atoms with van der Waals surface area (Å²) in [6, 6.07) is 9.82. The Morgan fingerprint density at radius 3 is 2.70 bits per heavy atom. The highest BCUT2D eigenvalue weighted by Crippen LogP contribution is 2.28. The van der Waals surface area contributed by atoms with E-state index >= 15 is 0 Å². The number of hydrogen-bond donors (Lipinski definition) is 1. The Bertz CT molecular complexity index is 533. The van der Waals surface area contributed by atoms with E-state index in [1.807, 2.05) is 37.4 Å². The first kappa shape index (κ1) is 15.4. The van der Waals surface area contributed by atoms with Gasteiger partial charge < -0.3 is 9.64 Å². The van der Waals surface area contributed by atoms with Crippen LogP contribution in [-0.4, -0.2) is 52.9 Å². The van der Waals surface area contributed by atoms with Crippen molar-refractivity contribution < 1.29 is 13.2 Å². The summed E-state index contributed by atoms with van der Waals surface area (Å²) in [6.45, 7) is 2.50. The summed E-state index contributed by atoms with van der Waals surface area (Å²) in [5.74, 6) is 0. The fraction of sp³-hybridized carbons (Fsp3) is 0.571. The molecule has 1 fully saturated rings. The van der Waals surface area contributed by atoms with Crippen LogP contribution in [0.1, 0.15) is 12.0 Å². The molecule has 5 nitrogen and oxygen atoms in total. The fourth-order valence-electron chi connectivity index (χ4n) is 2.54. The number of nitrogens with zero attached hydrogens (tertiary/aromatic N) is 1. The molecular formula is C14H22N2O3S. The van der Waals surface area contributed by atoms with Crippen LogP contribution >= 0.6 is 0 Å². The Morgan fingerprint density at radius 2 is 2.05 bits per heavy atom. The van der Waals surface area contributed by atoms with E-state index in [-0.39, 0.29) is 6.54 Å². The third kappa shape index (κ3) is 4.02. The maximum atomic E-state index is 11.4. The zero-order valence-corrected chi connectivity index (χ0v) is 12.8. The lowest BCUT2D eigenvalue weighted by Gasteiger charge is -2.35. The zero-order valence-electron chi connectivity index (χ0n) is 12.0. The average Bonchev–Trinajstić information content (AvgIpc) is 2.59. The lowest BCUT2D eigenvalue weighted by Crippen LogP contribution is -2.48. The predicted molar refractivity (Wildman–Crippen MR) is 79.0 cm³/mol. The highest BCUT2D eigenvalue weighted by Gasteiger charge is 2.36. The molecule has 0 spiro atoms. The van der Waals surface area contributed by atoms with Crippen LogP contribution in [0.3, 0.4) is 0 Å². The van der Waals surface area contributed by atoms with Gasteiger partial charge >= 0.3 is 0 Å². The molecule has 0 amide bonds. The maximum Gasteiger partial charge on any atom is 0.208 e. The van der Waals surface area contributed by atoms with Gasteiger partial charge in [-0.05, 0) is 19.0 Å². The molecule has 112 valence electrons. The molecule has 1 aliphatic heterocycles. The number of benzene rings is 1. The first-order valence-electron chi connectivity index (χ1n) is 6.74. The number of sulfonamides is 1. The van der Waals surface area contributed by atoms with Crippen LogP contribution in [0.4, 0.5) is 0 Å². The first-order chi connectivity index (χ1) is 9.41. The minimum atomic E-state index is -3.25. The number of rotatable bonds is 4. The monoisotopic (exact) mass is 298 g/mol. The van der Waals surface area contributed by atoms with Gasteiger partial charge in [0.1, 0.15) is 5.60 Å². The van der Waals surface area contributed by atoms with Crippen molar-refractivity contribution in [3.8, 4) is 0 Å². The van der Waals surface area contributed by atoms with Crippen molar-refractivity contribution in [2.75, 3.05) is 39.5 Å². The Balaban J connectivity index is 2.31. The van der Waals surface area contributed by atoms with Crippen molar-refractivity contribution in [2.24, 2.45) is 0 Å². The second kappa shape index (κ2) is 6.22. The summed E-state index contributed by atoms with van der Waals surface area (Å²) < 4.78 is 31.5. The lowest BCUT2D eigenvalue weighted by molar-refractivity contribution is -0.0444. The molecule has 6 heteroatoms. The zero-order chi connectivity index (χ0) is 14.6. The minimum Gasteiger partial charge on any atom is -0.368 e. The van der Waals surface area contributed by atoms with E-state index in [1.165, 1.54) is 6.26 Å². The van der Waals surface area contributed by atoms with Gasteiger partial charge in [0.15, 0.2) is 0 Å². The molecule has 0 aromatic heterocycles. The van der Waals surface area contributed by atoms with Crippen LogP contribution in [0.5, 0.6) is 0 Å². The molecule has 1 unspecified atom stereocenters. The predicted octanol–water partition coefficient (Wildman–Crippen LogP) is 0.783. The molecular weight excluding hydrogens is 276 g/mol. The highest BCUT2D eigenvalue weighted by molar-refractivity contribution is 7.88. The topological polar surface area (TPSA) is 58.6 Å². The molecule has 1 aromatic rings. The van der Waals surface area contributed by atoms with Crippen LogP contribution in [0.25, 0.3) is 0 Å². The summed E-state index contributed by atoms with van der Waals surface area (Å²) in [5, 5.41) is 0. The van der Waals surface area contributed by atoms with Gasteiger partial charge in [-0.25, -0.2) is 13.1 Å². The third-order valence-corrected chi connectivity index (χ3v) is 4.18. The van der Waals surface area contributed by atoms with Gasteiger partial charge in [-0.3, -0.25) is 0 Å². The summed E-state index contributed by atoms with van der Waals surface area (Å²) >= 11 is 0. The first-order valence-corrected chi connectivity index (χ1v) is 8.63. The third-order valence-electron chi connectivity index (χ3n) is 3.51. The van der Waals surface area contributed by atoms with Crippen molar-refractivity contribution in [1.29, 1.82) is 0 Å². The molecule has 1 heterocycles. The summed E-state index contributed by atoms with van der Waals surface area (Å²) in [7, 11) is -1.21. The molecule has 1 N–H and O–H groups in total. The van der Waals surface area contributed by atoms with Gasteiger partial charge in [-0.2, -0.15) is 0 Å². The van der Waals surface area contributed by atoms with Gasteiger partial charge in [0, 0.05) is 26.2 Å². The van der Waals surface area contributed by atoms with Crippen LogP contribution in [-0.2, 0) is 20.4 Å². The molecule has 0 radical (unpaired) electrons. The van der Waals surface area contributed by atoms with Gasteiger partial charge in [0.2, 0.25) is 10.0 Å². The highest BCUT2D eigenvalue weighted by atomic mass is 32.2. The van der Waals surface area contributed by atoms with Crippen molar-refractivity contribution in [2.45, 2.75) is 12.0 Å². The van der Waals surface area contributed by atoms with Crippen molar-refractivity contribution in [1.82, 2.24) is 9.62 Å². The Kier molecular flexibility index (Phi) is 4.80. The lowest BCUT2D eigenvalue weighted by atomic mass is 9.93. The van der Waals surface area contributed by atoms with Crippen LogP contribution in [0.2, 0.25) is 0 Å². The molecule has 0 saturated carbocycles. The van der Waals surface area contributed by atoms with Gasteiger partial charge in [-0.15, -0.1) is 0 Å². The normalized spacial score (nSPS) is 25.3. The minimum absolute atomic E-state index is 0.250. The maximum absolute atomic E-state index is 11.4. The molecule has 20 heavy (non-hydrogen) atoms. The van der Waals surface area contributed by atoms with Crippen LogP contribution < -0.4 is 4.72 Å². The van der Waals surface area contributed by atoms with Gasteiger partial charge in [0.25, 0.3) is 0 Å². The van der Waals surface area contributed by atoms with E-state index in [0.717, 1.165) is 18.5 Å². The number of hydrogen-bond acceptors (Lipinski definition) is 4. The van der Waals surface area contributed by atoms with Crippen LogP contribution in [0.15, 0.2) is 30.3 Å². The molecule has 1 aromatic carbocycles. The largest absolute Gasteiger partial charge is 0.368 e. The van der Waals surface area contributed by atoms with E-state index in [9.17, 15) is 8.42 Å². The Morgan fingerprint density at radius 1 is 1.35 bits per heavy atom. The Labute approximate surface area is 121 Å². The van der Waals surface area contributed by atoms with E-state index in [2.05, 4.69) is 9.62 Å². The number of ether oxygens (including phenoxy) is 1. The van der Waals surface area contributed by atoms with Crippen LogP contribution in [0, 0.1) is 0 Å². The summed E-state index contributed by atoms with van der Waals surface area (Å²) in [5.41, 5.74) is 0.375. The van der Waals surface area contributed by atoms with E-state index < -0.39 is 15.6 Å². The van der Waals surface area contributed by atoms with E-state index in [1.54, 1.807) is 0 Å². The van der Waals surface area contributed by atoms with Crippen molar-refractivity contribution in [3.63, 3.8) is 0 Å². The standard InChI is InChI=1S/C14H22N2O3S/c1-16-9-6-10-19-14(12-16,11-15-20(2,17)18)13-7-4-3-5-8-13/h3-5,7-8,15H,6,9-12H2,1-2H3. The number of likely N-dealkylation sites (N-methyl/N-ethyl adjacent to an activating group) is 1. The van der Waals surface area contributed by atoms with Gasteiger partial charge in [-0.1, -0.05) is 30.3 Å². The van der Waals surface area contributed by atoms with Gasteiger partial charge in [0.05, 0.1) is 6.26 Å². The smallest absolute Gasteiger partial charge is 0.208 e. The SMILES string of the molecule is CN1CCCOC(CNS(C)(=O)=O)(c2ccccc2)C1. The quantitative estimate of drug-likeness (QED) is 0.892. The molecule has 1 saturated heterocycles. The van der Waals surface area contributed by atoms with Crippen molar-refractivity contribution >= 4 is 10.0 Å². The molecule has 2 rings (SSSR count). The molecule has 0 aliphatic carbocycles. The molecule has 0 bridgehead atoms. The second-order valence-electron chi connectivity index (χ2n) is 5.39. The average molecular weight is 298 g/mol. The fourth-order valence-corrected chi connectivity index (χ4v) is 3.03. The van der Waals surface area contributed by atoms with Crippen molar-refractivity contribution in [3.05, 3.63) is 35.9 Å². The van der Waals surface area contributed by atoms with E-state index in [0.29, 0.717) is 13.2 Å². The Hall–Kier alpha value is -0.950. The number of nitrogens with one attached hydrogen (secondary N) is 1. The second-order valence-corrected chi connectivity index (χ2v) is 7.23. The molecule has 1 aliphatic rings.